The quantitative estimate of drug-likeness (QED) is 0.270. The van der Waals surface area contributed by atoms with Crippen molar-refractivity contribution >= 4 is 81.5 Å². The van der Waals surface area contributed by atoms with Gasteiger partial charge < -0.3 is 19.6 Å². The minimum atomic E-state index is -1.92. The Bertz CT molecular complexity index is 1550. The smallest absolute Gasteiger partial charge is 0.411 e. The molecule has 2 fully saturated rings. The number of aryl methyl sites for hydroxylation is 1. The van der Waals surface area contributed by atoms with Gasteiger partial charge >= 0.3 is 6.09 Å². The summed E-state index contributed by atoms with van der Waals surface area (Å²) in [7, 11) is 0. The zero-order valence-corrected chi connectivity index (χ0v) is 30.2. The molecular formula is C34H38Cl5N3O5. The van der Waals surface area contributed by atoms with Crippen LogP contribution in [0.1, 0.15) is 63.1 Å². The van der Waals surface area contributed by atoms with E-state index in [1.165, 1.54) is 20.8 Å². The number of amides is 3. The zero-order chi connectivity index (χ0) is 34.3. The van der Waals surface area contributed by atoms with Crippen LogP contribution < -0.4 is 0 Å². The van der Waals surface area contributed by atoms with E-state index in [9.17, 15) is 19.5 Å². The minimum Gasteiger partial charge on any atom is -0.439 e. The molecule has 2 heterocycles. The van der Waals surface area contributed by atoms with Gasteiger partial charge in [-0.1, -0.05) is 94.4 Å². The van der Waals surface area contributed by atoms with Crippen molar-refractivity contribution in [3.63, 3.8) is 0 Å². The minimum absolute atomic E-state index is 0.0268. The van der Waals surface area contributed by atoms with Crippen LogP contribution >= 0.6 is 58.0 Å². The third kappa shape index (κ3) is 7.84. The van der Waals surface area contributed by atoms with Gasteiger partial charge in [-0.2, -0.15) is 0 Å². The Kier molecular flexibility index (Phi) is 11.0. The molecule has 0 aromatic heterocycles. The first-order valence-electron chi connectivity index (χ1n) is 15.6. The number of rotatable bonds is 9. The van der Waals surface area contributed by atoms with Crippen molar-refractivity contribution in [1.29, 1.82) is 0 Å². The van der Waals surface area contributed by atoms with E-state index in [1.807, 2.05) is 30.3 Å². The SMILES string of the molecule is CC(=O)N1C[C@H]2CC(c3ccc(CCCO)cc3)=C(C(=O)N(Cc3cccc(Cl)c3Cl)C3CC3)[C@@H](C1)N2C(=O)OC(C)(C)C(Cl)(Cl)Cl. The second-order valence-electron chi connectivity index (χ2n) is 12.9. The molecule has 2 bridgehead atoms. The lowest BCUT2D eigenvalue weighted by Gasteiger charge is -2.51. The average molecular weight is 746 g/mol. The third-order valence-electron chi connectivity index (χ3n) is 9.11. The lowest BCUT2D eigenvalue weighted by molar-refractivity contribution is -0.136. The van der Waals surface area contributed by atoms with Gasteiger partial charge in [0.05, 0.1) is 22.1 Å². The molecule has 0 spiro atoms. The van der Waals surface area contributed by atoms with Crippen LogP contribution in [0.4, 0.5) is 4.79 Å². The molecule has 5 rings (SSSR count). The molecule has 2 atom stereocenters. The molecule has 2 aromatic rings. The summed E-state index contributed by atoms with van der Waals surface area (Å²) >= 11 is 31.5. The van der Waals surface area contributed by atoms with E-state index in [0.29, 0.717) is 27.6 Å². The Balaban J connectivity index is 1.63. The Morgan fingerprint density at radius 3 is 2.30 bits per heavy atom. The van der Waals surface area contributed by atoms with Crippen molar-refractivity contribution in [2.24, 2.45) is 0 Å². The normalized spacial score (nSPS) is 19.9. The first-order valence-corrected chi connectivity index (χ1v) is 17.5. The number of piperazine rings is 1. The Morgan fingerprint density at radius 2 is 1.70 bits per heavy atom. The molecule has 1 N–H and O–H groups in total. The predicted molar refractivity (Wildman–Crippen MR) is 186 cm³/mol. The van der Waals surface area contributed by atoms with E-state index in [-0.39, 0.29) is 50.5 Å². The standard InChI is InChI=1S/C34H38Cl5N3O5/c1-20(44)40-18-25-16-26(22-11-9-21(10-12-22)6-5-15-43)29(28(19-40)42(25)32(46)47-33(2,3)34(37,38)39)31(45)41(24-13-14-24)17-23-7-4-8-27(35)30(23)36/h4,7-12,24-25,28,43H,5-6,13-19H2,1-3H3/t25-,28-/m1/s1. The predicted octanol–water partition coefficient (Wildman–Crippen LogP) is 7.45. The molecule has 13 heteroatoms. The topological polar surface area (TPSA) is 90.4 Å². The van der Waals surface area contributed by atoms with Crippen molar-refractivity contribution in [3.8, 4) is 0 Å². The van der Waals surface area contributed by atoms with Gasteiger partial charge in [-0.25, -0.2) is 4.79 Å². The number of benzene rings is 2. The molecule has 254 valence electrons. The maximum absolute atomic E-state index is 15.0. The van der Waals surface area contributed by atoms with Crippen molar-refractivity contribution in [1.82, 2.24) is 14.7 Å². The number of hydrogen-bond donors (Lipinski definition) is 1. The average Bonchev–Trinajstić information content (AvgIpc) is 3.84. The molecule has 2 aliphatic heterocycles. The third-order valence-corrected chi connectivity index (χ3v) is 11.3. The highest BCUT2D eigenvalue weighted by molar-refractivity contribution is 6.68. The molecule has 3 aliphatic rings. The van der Waals surface area contributed by atoms with E-state index in [4.69, 9.17) is 62.7 Å². The number of hydrogen-bond acceptors (Lipinski definition) is 5. The number of carbonyl (C=O) groups is 3. The lowest BCUT2D eigenvalue weighted by atomic mass is 9.81. The molecular weight excluding hydrogens is 708 g/mol. The largest absolute Gasteiger partial charge is 0.439 e. The van der Waals surface area contributed by atoms with Gasteiger partial charge in [-0.3, -0.25) is 14.5 Å². The number of fused-ring (bicyclic) bond motifs is 2. The van der Waals surface area contributed by atoms with Gasteiger partial charge in [0.15, 0.2) is 5.60 Å². The Hall–Kier alpha value is -2.20. The Morgan fingerprint density at radius 1 is 1.02 bits per heavy atom. The van der Waals surface area contributed by atoms with E-state index >= 15 is 0 Å². The fourth-order valence-corrected chi connectivity index (χ4v) is 6.73. The van der Waals surface area contributed by atoms with E-state index < -0.39 is 27.6 Å². The molecule has 3 amide bonds. The Labute approximate surface area is 300 Å². The van der Waals surface area contributed by atoms with Crippen LogP contribution in [-0.4, -0.2) is 84.9 Å². The molecule has 1 saturated heterocycles. The zero-order valence-electron chi connectivity index (χ0n) is 26.4. The summed E-state index contributed by atoms with van der Waals surface area (Å²) in [4.78, 5) is 46.8. The number of aliphatic hydroxyl groups is 1. The summed E-state index contributed by atoms with van der Waals surface area (Å²) in [5, 5.41) is 10.1. The summed E-state index contributed by atoms with van der Waals surface area (Å²) in [5.41, 5.74) is 2.32. The first-order chi connectivity index (χ1) is 22.1. The fraction of sp³-hybridized carbons (Fsp3) is 0.500. The van der Waals surface area contributed by atoms with Crippen LogP contribution in [0.5, 0.6) is 0 Å². The molecule has 1 aliphatic carbocycles. The number of carbonyl (C=O) groups excluding carboxylic acids is 3. The van der Waals surface area contributed by atoms with Crippen LogP contribution in [0.25, 0.3) is 5.57 Å². The summed E-state index contributed by atoms with van der Waals surface area (Å²) in [6.07, 6.45) is 2.55. The van der Waals surface area contributed by atoms with Crippen LogP contribution in [0.2, 0.25) is 10.0 Å². The van der Waals surface area contributed by atoms with Gasteiger partial charge in [-0.15, -0.1) is 0 Å². The van der Waals surface area contributed by atoms with E-state index in [0.717, 1.165) is 36.0 Å². The number of alkyl halides is 3. The summed E-state index contributed by atoms with van der Waals surface area (Å²) in [6.45, 7) is 5.14. The highest BCUT2D eigenvalue weighted by Gasteiger charge is 2.52. The van der Waals surface area contributed by atoms with Gasteiger partial charge in [-0.05, 0) is 74.3 Å². The number of nitrogens with zero attached hydrogens (tertiary/aromatic N) is 3. The monoisotopic (exact) mass is 743 g/mol. The highest BCUT2D eigenvalue weighted by atomic mass is 35.6. The lowest BCUT2D eigenvalue weighted by Crippen LogP contribution is -2.66. The summed E-state index contributed by atoms with van der Waals surface area (Å²) in [6, 6.07) is 11.9. The van der Waals surface area contributed by atoms with Gasteiger partial charge in [0.2, 0.25) is 9.70 Å². The van der Waals surface area contributed by atoms with Crippen LogP contribution in [-0.2, 0) is 27.3 Å². The molecule has 8 nitrogen and oxygen atoms in total. The van der Waals surface area contributed by atoms with Crippen molar-refractivity contribution < 1.29 is 24.2 Å². The molecule has 47 heavy (non-hydrogen) atoms. The van der Waals surface area contributed by atoms with Crippen molar-refractivity contribution in [2.75, 3.05) is 19.7 Å². The summed E-state index contributed by atoms with van der Waals surface area (Å²) in [5.74, 6) is -0.418. The number of halogens is 5. The van der Waals surface area contributed by atoms with Gasteiger partial charge in [0.1, 0.15) is 0 Å². The molecule has 1 saturated carbocycles. The van der Waals surface area contributed by atoms with Crippen molar-refractivity contribution in [2.45, 2.75) is 86.9 Å². The first kappa shape index (κ1) is 36.1. The number of ether oxygens (including phenoxy) is 1. The van der Waals surface area contributed by atoms with Crippen LogP contribution in [0.15, 0.2) is 48.0 Å². The fourth-order valence-electron chi connectivity index (χ4n) is 6.23. The number of aliphatic hydroxyl groups excluding tert-OH is 1. The van der Waals surface area contributed by atoms with E-state index in [2.05, 4.69) is 0 Å². The molecule has 2 aromatic carbocycles. The second-order valence-corrected chi connectivity index (χ2v) is 15.9. The second kappa shape index (κ2) is 14.3. The van der Waals surface area contributed by atoms with E-state index in [1.54, 1.807) is 26.8 Å². The highest BCUT2D eigenvalue weighted by Crippen LogP contribution is 2.44. The maximum atomic E-state index is 15.0. The molecule has 0 unspecified atom stereocenters. The maximum Gasteiger partial charge on any atom is 0.411 e. The van der Waals surface area contributed by atoms with Crippen LogP contribution in [0.3, 0.4) is 0 Å². The molecule has 0 radical (unpaired) electrons. The van der Waals surface area contributed by atoms with Gasteiger partial charge in [0.25, 0.3) is 5.91 Å². The van der Waals surface area contributed by atoms with Gasteiger partial charge in [0, 0.05) is 44.8 Å². The summed E-state index contributed by atoms with van der Waals surface area (Å²) < 4.78 is 3.91. The van der Waals surface area contributed by atoms with Crippen molar-refractivity contribution in [3.05, 3.63) is 74.8 Å². The van der Waals surface area contributed by atoms with Crippen LogP contribution in [0, 0.1) is 0 Å².